The molecule has 0 N–H and O–H groups in total. The Morgan fingerprint density at radius 1 is 1.39 bits per heavy atom. The van der Waals surface area contributed by atoms with Crippen molar-refractivity contribution in [2.45, 2.75) is 18.6 Å². The maximum Gasteiger partial charge on any atom is 0.260 e. The van der Waals surface area contributed by atoms with Gasteiger partial charge in [-0.2, -0.15) is 4.99 Å². The first-order valence-electron chi connectivity index (χ1n) is 8.53. The smallest absolute Gasteiger partial charge is 0.260 e. The number of halogens is 1. The standard InChI is InChI=1S/C19H16ClN5O2S/c1-3-7-25-17(13-6-8-27-11(13)2)23-24-19(25)28-10-16-21-15-9-12(20)4-5-14(15)18(26)22-16/h3-6,8-9,14H,1,7,10H2,2H3. The fourth-order valence-electron chi connectivity index (χ4n) is 2.95. The molecule has 1 amide bonds. The Kier molecular flexibility index (Phi) is 5.15. The van der Waals surface area contributed by atoms with Crippen LogP contribution in [0.15, 0.2) is 67.8 Å². The third-order valence-electron chi connectivity index (χ3n) is 4.27. The van der Waals surface area contributed by atoms with Gasteiger partial charge in [0.05, 0.1) is 23.3 Å². The van der Waals surface area contributed by atoms with Crippen LogP contribution < -0.4 is 0 Å². The van der Waals surface area contributed by atoms with Crippen LogP contribution in [0.1, 0.15) is 5.76 Å². The lowest BCUT2D eigenvalue weighted by atomic mass is 9.96. The normalized spacial score (nSPS) is 18.4. The van der Waals surface area contributed by atoms with Crippen LogP contribution in [-0.2, 0) is 11.3 Å². The maximum absolute atomic E-state index is 12.3. The minimum absolute atomic E-state index is 0.237. The Labute approximate surface area is 170 Å². The number of amidine groups is 1. The summed E-state index contributed by atoms with van der Waals surface area (Å²) in [5.41, 5.74) is 1.49. The van der Waals surface area contributed by atoms with Crippen LogP contribution in [0.3, 0.4) is 0 Å². The predicted molar refractivity (Wildman–Crippen MR) is 110 cm³/mol. The van der Waals surface area contributed by atoms with Gasteiger partial charge in [0.1, 0.15) is 17.5 Å². The first-order chi connectivity index (χ1) is 13.6. The van der Waals surface area contributed by atoms with Gasteiger partial charge in [0, 0.05) is 11.6 Å². The Balaban J connectivity index is 1.57. The summed E-state index contributed by atoms with van der Waals surface area (Å²) in [5.74, 6) is 1.61. The molecule has 0 radical (unpaired) electrons. The monoisotopic (exact) mass is 413 g/mol. The summed E-state index contributed by atoms with van der Waals surface area (Å²) in [4.78, 5) is 20.9. The van der Waals surface area contributed by atoms with E-state index in [0.29, 0.717) is 39.9 Å². The lowest BCUT2D eigenvalue weighted by Gasteiger charge is -2.18. The molecule has 2 aliphatic rings. The molecule has 142 valence electrons. The second-order valence-corrected chi connectivity index (χ2v) is 7.53. The summed E-state index contributed by atoms with van der Waals surface area (Å²) >= 11 is 7.43. The molecule has 2 aromatic heterocycles. The lowest BCUT2D eigenvalue weighted by molar-refractivity contribution is -0.118. The molecule has 1 aliphatic carbocycles. The number of carbonyl (C=O) groups excluding carboxylic acids is 1. The van der Waals surface area contributed by atoms with Crippen molar-refractivity contribution in [3.63, 3.8) is 0 Å². The van der Waals surface area contributed by atoms with Crippen LogP contribution in [0.25, 0.3) is 11.4 Å². The van der Waals surface area contributed by atoms with Gasteiger partial charge in [-0.3, -0.25) is 9.36 Å². The van der Waals surface area contributed by atoms with Crippen molar-refractivity contribution in [3.05, 3.63) is 54.0 Å². The molecule has 3 heterocycles. The Hall–Kier alpha value is -2.71. The van der Waals surface area contributed by atoms with E-state index in [0.717, 1.165) is 11.3 Å². The number of hydrogen-bond donors (Lipinski definition) is 0. The molecule has 1 unspecified atom stereocenters. The van der Waals surface area contributed by atoms with E-state index in [-0.39, 0.29) is 5.91 Å². The van der Waals surface area contributed by atoms with E-state index in [1.54, 1.807) is 30.6 Å². The molecule has 28 heavy (non-hydrogen) atoms. The largest absolute Gasteiger partial charge is 0.469 e. The fraction of sp³-hybridized carbons (Fsp3) is 0.211. The van der Waals surface area contributed by atoms with Gasteiger partial charge >= 0.3 is 0 Å². The van der Waals surface area contributed by atoms with Crippen LogP contribution in [0.5, 0.6) is 0 Å². The number of furan rings is 1. The van der Waals surface area contributed by atoms with E-state index >= 15 is 0 Å². The van der Waals surface area contributed by atoms with E-state index in [4.69, 9.17) is 16.0 Å². The molecule has 4 rings (SSSR count). The molecular formula is C19H16ClN5O2S. The number of allylic oxidation sites excluding steroid dienone is 4. The van der Waals surface area contributed by atoms with E-state index in [9.17, 15) is 4.79 Å². The first-order valence-corrected chi connectivity index (χ1v) is 9.90. The molecule has 0 aromatic carbocycles. The van der Waals surface area contributed by atoms with Gasteiger partial charge in [-0.25, -0.2) is 4.99 Å². The van der Waals surface area contributed by atoms with Crippen molar-refractivity contribution in [3.8, 4) is 11.4 Å². The van der Waals surface area contributed by atoms with Gasteiger partial charge in [-0.05, 0) is 25.1 Å². The molecule has 9 heteroatoms. The Bertz CT molecular complexity index is 1080. The zero-order valence-electron chi connectivity index (χ0n) is 15.0. The van der Waals surface area contributed by atoms with E-state index in [1.807, 2.05) is 17.6 Å². The lowest BCUT2D eigenvalue weighted by Crippen LogP contribution is -2.28. The summed E-state index contributed by atoms with van der Waals surface area (Å²) in [7, 11) is 0. The molecule has 0 saturated heterocycles. The SMILES string of the molecule is C=CCn1c(SCC2=NC(=O)C3C=CC(Cl)=CC3=N2)nnc1-c1ccoc1C. The zero-order valence-corrected chi connectivity index (χ0v) is 16.6. The maximum atomic E-state index is 12.3. The minimum Gasteiger partial charge on any atom is -0.469 e. The molecule has 1 atom stereocenters. The number of aromatic nitrogens is 3. The quantitative estimate of drug-likeness (QED) is 0.531. The Morgan fingerprint density at radius 3 is 3.00 bits per heavy atom. The van der Waals surface area contributed by atoms with E-state index in [2.05, 4.69) is 26.8 Å². The molecule has 2 aromatic rings. The summed E-state index contributed by atoms with van der Waals surface area (Å²) in [6.45, 7) is 6.23. The molecule has 0 bridgehead atoms. The fourth-order valence-corrected chi connectivity index (χ4v) is 3.93. The van der Waals surface area contributed by atoms with Crippen LogP contribution in [0.2, 0.25) is 0 Å². The molecule has 0 fully saturated rings. The topological polar surface area (TPSA) is 85.6 Å². The summed E-state index contributed by atoms with van der Waals surface area (Å²) < 4.78 is 7.32. The highest BCUT2D eigenvalue weighted by Gasteiger charge is 2.28. The van der Waals surface area contributed by atoms with Gasteiger partial charge in [0.2, 0.25) is 0 Å². The molecular weight excluding hydrogens is 398 g/mol. The second-order valence-electron chi connectivity index (χ2n) is 6.15. The van der Waals surface area contributed by atoms with Crippen LogP contribution in [0.4, 0.5) is 0 Å². The van der Waals surface area contributed by atoms with Crippen molar-refractivity contribution < 1.29 is 9.21 Å². The Morgan fingerprint density at radius 2 is 2.25 bits per heavy atom. The van der Waals surface area contributed by atoms with Crippen molar-refractivity contribution in [1.29, 1.82) is 0 Å². The number of fused-ring (bicyclic) bond motifs is 1. The van der Waals surface area contributed by atoms with Crippen LogP contribution >= 0.6 is 23.4 Å². The third kappa shape index (κ3) is 3.53. The van der Waals surface area contributed by atoms with Crippen molar-refractivity contribution in [1.82, 2.24) is 14.8 Å². The van der Waals surface area contributed by atoms with Gasteiger partial charge < -0.3 is 4.42 Å². The highest BCUT2D eigenvalue weighted by atomic mass is 35.5. The number of thioether (sulfide) groups is 1. The van der Waals surface area contributed by atoms with Gasteiger partial charge in [0.25, 0.3) is 5.91 Å². The number of nitrogens with zero attached hydrogens (tertiary/aromatic N) is 5. The summed E-state index contributed by atoms with van der Waals surface area (Å²) in [6, 6.07) is 1.86. The molecule has 0 saturated carbocycles. The first kappa shape index (κ1) is 18.6. The van der Waals surface area contributed by atoms with Crippen molar-refractivity contribution >= 4 is 40.8 Å². The average molecular weight is 414 g/mol. The third-order valence-corrected chi connectivity index (χ3v) is 5.47. The summed E-state index contributed by atoms with van der Waals surface area (Å²) in [5, 5.41) is 9.81. The van der Waals surface area contributed by atoms with E-state index in [1.165, 1.54) is 11.8 Å². The van der Waals surface area contributed by atoms with E-state index < -0.39 is 5.92 Å². The second kappa shape index (κ2) is 7.73. The molecule has 0 spiro atoms. The van der Waals surface area contributed by atoms with Crippen molar-refractivity contribution in [2.24, 2.45) is 15.9 Å². The van der Waals surface area contributed by atoms with Gasteiger partial charge in [-0.15, -0.1) is 16.8 Å². The molecule has 1 aliphatic heterocycles. The number of aryl methyl sites for hydroxylation is 1. The number of amides is 1. The predicted octanol–water partition coefficient (Wildman–Crippen LogP) is 3.81. The van der Waals surface area contributed by atoms with Crippen LogP contribution in [0, 0.1) is 12.8 Å². The highest BCUT2D eigenvalue weighted by Crippen LogP contribution is 2.28. The molecule has 7 nitrogen and oxygen atoms in total. The average Bonchev–Trinajstić information content (AvgIpc) is 3.25. The van der Waals surface area contributed by atoms with Crippen molar-refractivity contribution in [2.75, 3.05) is 5.75 Å². The zero-order chi connectivity index (χ0) is 19.7. The number of rotatable bonds is 6. The number of hydrogen-bond acceptors (Lipinski definition) is 6. The van der Waals surface area contributed by atoms with Gasteiger partial charge in [-0.1, -0.05) is 35.5 Å². The highest BCUT2D eigenvalue weighted by molar-refractivity contribution is 7.99. The summed E-state index contributed by atoms with van der Waals surface area (Å²) in [6.07, 6.45) is 8.51. The number of carbonyl (C=O) groups is 1. The van der Waals surface area contributed by atoms with Gasteiger partial charge in [0.15, 0.2) is 11.0 Å². The number of aliphatic imine (C=N–C) groups is 2. The minimum atomic E-state index is -0.448. The van der Waals surface area contributed by atoms with Crippen LogP contribution in [-0.4, -0.2) is 38.0 Å².